The zero-order valence-corrected chi connectivity index (χ0v) is 14.1. The first-order valence-electron chi connectivity index (χ1n) is 7.34. The van der Waals surface area contributed by atoms with Crippen LogP contribution in [0, 0.1) is 6.92 Å². The van der Waals surface area contributed by atoms with Gasteiger partial charge in [-0.3, -0.25) is 13.5 Å². The highest BCUT2D eigenvalue weighted by molar-refractivity contribution is 7.90. The van der Waals surface area contributed by atoms with Crippen molar-refractivity contribution in [3.63, 3.8) is 0 Å². The van der Waals surface area contributed by atoms with Crippen LogP contribution in [0.15, 0.2) is 54.0 Å². The van der Waals surface area contributed by atoms with Crippen LogP contribution in [0.4, 0.5) is 0 Å². The van der Waals surface area contributed by atoms with Crippen molar-refractivity contribution in [3.8, 4) is 17.3 Å². The molecule has 0 aliphatic heterocycles. The molecule has 8 heteroatoms. The van der Waals surface area contributed by atoms with Crippen molar-refractivity contribution in [1.82, 2.24) is 19.1 Å². The molecule has 0 fully saturated rings. The second-order valence-electron chi connectivity index (χ2n) is 4.90. The number of hydrogen-bond donors (Lipinski definition) is 0. The first-order chi connectivity index (χ1) is 11.7. The highest BCUT2D eigenvalue weighted by atomic mass is 32.2. The molecule has 0 aliphatic carbocycles. The van der Waals surface area contributed by atoms with Gasteiger partial charge in [0.05, 0.1) is 24.3 Å². The normalized spacial score (nSPS) is 10.8. The van der Waals surface area contributed by atoms with Crippen molar-refractivity contribution in [2.75, 3.05) is 6.61 Å². The van der Waals surface area contributed by atoms with Crippen LogP contribution in [0.25, 0.3) is 11.5 Å². The summed E-state index contributed by atoms with van der Waals surface area (Å²) in [6.45, 7) is 4.27. The molecular weight excluding hydrogens is 328 g/mol. The van der Waals surface area contributed by atoms with Crippen molar-refractivity contribution in [2.24, 2.45) is 0 Å². The summed E-state index contributed by atoms with van der Waals surface area (Å²) in [4.78, 5) is 20.9. The van der Waals surface area contributed by atoms with Crippen LogP contribution in [0.1, 0.15) is 12.6 Å². The van der Waals surface area contributed by atoms with Crippen LogP contribution >= 0.6 is 12.3 Å². The number of aromatic nitrogens is 4. The second kappa shape index (κ2) is 7.33. The lowest BCUT2D eigenvalue weighted by Gasteiger charge is -2.10. The smallest absolute Gasteiger partial charge is 0.258 e. The highest BCUT2D eigenvalue weighted by Crippen LogP contribution is 2.23. The van der Waals surface area contributed by atoms with Gasteiger partial charge in [-0.1, -0.05) is 0 Å². The largest absolute Gasteiger partial charge is 0.396 e. The van der Waals surface area contributed by atoms with Crippen LogP contribution in [-0.4, -0.2) is 25.7 Å². The Morgan fingerprint density at radius 3 is 2.88 bits per heavy atom. The highest BCUT2D eigenvalue weighted by Gasteiger charge is 2.11. The summed E-state index contributed by atoms with van der Waals surface area (Å²) >= 11 is 0.856. The van der Waals surface area contributed by atoms with Crippen molar-refractivity contribution in [3.05, 3.63) is 65.2 Å². The molecule has 0 radical (unpaired) electrons. The third kappa shape index (κ3) is 3.50. The Morgan fingerprint density at radius 1 is 1.29 bits per heavy atom. The monoisotopic (exact) mass is 344 g/mol. The van der Waals surface area contributed by atoms with Crippen molar-refractivity contribution >= 4 is 12.3 Å². The Kier molecular flexibility index (Phi) is 4.97. The molecule has 0 N–H and O–H groups in total. The summed E-state index contributed by atoms with van der Waals surface area (Å²) in [5, 5.41) is 0. The summed E-state index contributed by atoms with van der Waals surface area (Å²) in [7, 11) is 0. The van der Waals surface area contributed by atoms with Crippen molar-refractivity contribution < 1.29 is 8.37 Å². The minimum Gasteiger partial charge on any atom is -0.396 e. The van der Waals surface area contributed by atoms with E-state index in [1.165, 1.54) is 10.6 Å². The molecule has 0 spiro atoms. The molecule has 0 amide bonds. The average molecular weight is 344 g/mol. The molecule has 24 heavy (non-hydrogen) atoms. The molecule has 124 valence electrons. The van der Waals surface area contributed by atoms with Crippen LogP contribution < -0.4 is 9.74 Å². The molecule has 0 aliphatic rings. The van der Waals surface area contributed by atoms with Gasteiger partial charge in [-0.05, 0) is 32.0 Å². The lowest BCUT2D eigenvalue weighted by Crippen LogP contribution is -2.19. The maximum Gasteiger partial charge on any atom is 0.258 e. The van der Waals surface area contributed by atoms with Gasteiger partial charge >= 0.3 is 0 Å². The van der Waals surface area contributed by atoms with E-state index in [9.17, 15) is 4.79 Å². The van der Waals surface area contributed by atoms with Gasteiger partial charge < -0.3 is 8.75 Å². The van der Waals surface area contributed by atoms with E-state index in [2.05, 4.69) is 9.97 Å². The number of pyridine rings is 2. The maximum absolute atomic E-state index is 12.5. The van der Waals surface area contributed by atoms with E-state index in [0.717, 1.165) is 23.7 Å². The molecule has 0 bridgehead atoms. The number of hydrogen-bond acceptors (Lipinski definition) is 6. The summed E-state index contributed by atoms with van der Waals surface area (Å²) in [6.07, 6.45) is 6.79. The van der Waals surface area contributed by atoms with Gasteiger partial charge in [0.15, 0.2) is 11.6 Å². The van der Waals surface area contributed by atoms with E-state index in [1.807, 2.05) is 26.1 Å². The van der Waals surface area contributed by atoms with Gasteiger partial charge in [0.2, 0.25) is 12.3 Å². The summed E-state index contributed by atoms with van der Waals surface area (Å²) < 4.78 is 13.8. The molecule has 3 rings (SSSR count). The van der Waals surface area contributed by atoms with Gasteiger partial charge in [-0.25, -0.2) is 9.97 Å². The molecule has 3 heterocycles. The third-order valence-electron chi connectivity index (χ3n) is 3.18. The first kappa shape index (κ1) is 16.3. The fourth-order valence-corrected chi connectivity index (χ4v) is 2.45. The van der Waals surface area contributed by atoms with Crippen LogP contribution in [0.3, 0.4) is 0 Å². The topological polar surface area (TPSA) is 71.2 Å². The standard InChI is InChI=1S/C16H16N4O3S/c1-3-22-24-23-14-5-4-7-17-16(14)20-8-6-13(9-15(20)21)19-10-12(2)18-11-19/h4-11H,3H2,1-2H3. The van der Waals surface area contributed by atoms with E-state index >= 15 is 0 Å². The second-order valence-corrected chi connectivity index (χ2v) is 5.44. The van der Waals surface area contributed by atoms with Gasteiger partial charge in [0, 0.05) is 24.7 Å². The molecule has 0 aromatic carbocycles. The summed E-state index contributed by atoms with van der Waals surface area (Å²) in [5.74, 6) is 0.854. The quantitative estimate of drug-likeness (QED) is 0.506. The van der Waals surface area contributed by atoms with E-state index < -0.39 is 0 Å². The molecular formula is C16H16N4O3S. The Morgan fingerprint density at radius 2 is 2.17 bits per heavy atom. The minimum absolute atomic E-state index is 0.219. The minimum atomic E-state index is -0.219. The SMILES string of the molecule is CCOSOc1cccnc1-n1ccc(-n2cnc(C)c2)cc1=O. The van der Waals surface area contributed by atoms with E-state index in [0.29, 0.717) is 18.2 Å². The van der Waals surface area contributed by atoms with E-state index in [1.54, 1.807) is 35.4 Å². The predicted octanol–water partition coefficient (Wildman–Crippen LogP) is 2.71. The number of aryl methyl sites for hydroxylation is 1. The van der Waals surface area contributed by atoms with E-state index in [4.69, 9.17) is 8.37 Å². The zero-order chi connectivity index (χ0) is 16.9. The van der Waals surface area contributed by atoms with Crippen LogP contribution in [0.5, 0.6) is 5.75 Å². The third-order valence-corrected chi connectivity index (χ3v) is 3.76. The Hall–Kier alpha value is -2.58. The summed E-state index contributed by atoms with van der Waals surface area (Å²) in [6, 6.07) is 6.80. The molecule has 7 nitrogen and oxygen atoms in total. The zero-order valence-electron chi connectivity index (χ0n) is 13.2. The number of rotatable bonds is 6. The molecule has 0 unspecified atom stereocenters. The van der Waals surface area contributed by atoms with Crippen LogP contribution in [0.2, 0.25) is 0 Å². The number of imidazole rings is 1. The van der Waals surface area contributed by atoms with Gasteiger partial charge in [0.1, 0.15) is 0 Å². The Balaban J connectivity index is 1.94. The van der Waals surface area contributed by atoms with Crippen molar-refractivity contribution in [2.45, 2.75) is 13.8 Å². The van der Waals surface area contributed by atoms with Crippen molar-refractivity contribution in [1.29, 1.82) is 0 Å². The number of nitrogens with zero attached hydrogens (tertiary/aromatic N) is 4. The predicted molar refractivity (Wildman–Crippen MR) is 91.5 cm³/mol. The lowest BCUT2D eigenvalue weighted by molar-refractivity contribution is 0.369. The van der Waals surface area contributed by atoms with Gasteiger partial charge in [0.25, 0.3) is 5.56 Å². The molecule has 3 aromatic heterocycles. The molecule has 0 saturated carbocycles. The lowest BCUT2D eigenvalue weighted by atomic mass is 10.3. The first-order valence-corrected chi connectivity index (χ1v) is 8.01. The van der Waals surface area contributed by atoms with Gasteiger partial charge in [-0.2, -0.15) is 0 Å². The Bertz CT molecular complexity index is 891. The van der Waals surface area contributed by atoms with Gasteiger partial charge in [-0.15, -0.1) is 0 Å². The average Bonchev–Trinajstić information content (AvgIpc) is 3.02. The summed E-state index contributed by atoms with van der Waals surface area (Å²) in [5.41, 5.74) is 1.40. The molecule has 0 atom stereocenters. The maximum atomic E-state index is 12.5. The Labute approximate surface area is 143 Å². The fourth-order valence-electron chi connectivity index (χ4n) is 2.10. The van der Waals surface area contributed by atoms with E-state index in [-0.39, 0.29) is 5.56 Å². The fraction of sp³-hybridized carbons (Fsp3) is 0.188. The molecule has 0 saturated heterocycles. The van der Waals surface area contributed by atoms with Crippen LogP contribution in [-0.2, 0) is 4.18 Å². The molecule has 3 aromatic rings.